The van der Waals surface area contributed by atoms with Crippen LogP contribution in [0.2, 0.25) is 0 Å². The van der Waals surface area contributed by atoms with Gasteiger partial charge in [-0.2, -0.15) is 0 Å². The van der Waals surface area contributed by atoms with Gasteiger partial charge in [0.1, 0.15) is 12.2 Å². The second-order valence-corrected chi connectivity index (χ2v) is 5.62. The summed E-state index contributed by atoms with van der Waals surface area (Å²) in [7, 11) is 0. The Bertz CT molecular complexity index is 224. The SMILES string of the molecule is CCCCCCCOC(C)[C@H](O)[C@@H](O)[C@H](O)[C@H](C)CO. The van der Waals surface area contributed by atoms with E-state index in [2.05, 4.69) is 6.92 Å². The zero-order valence-electron chi connectivity index (χ0n) is 13.0. The summed E-state index contributed by atoms with van der Waals surface area (Å²) in [5.74, 6) is -0.485. The lowest BCUT2D eigenvalue weighted by atomic mass is 9.95. The highest BCUT2D eigenvalue weighted by Gasteiger charge is 2.32. The van der Waals surface area contributed by atoms with Crippen LogP contribution >= 0.6 is 0 Å². The first-order valence-corrected chi connectivity index (χ1v) is 7.72. The van der Waals surface area contributed by atoms with Gasteiger partial charge in [0.05, 0.1) is 12.2 Å². The van der Waals surface area contributed by atoms with E-state index >= 15 is 0 Å². The van der Waals surface area contributed by atoms with Crippen LogP contribution in [0.4, 0.5) is 0 Å². The maximum absolute atomic E-state index is 9.93. The van der Waals surface area contributed by atoms with Crippen molar-refractivity contribution in [3.8, 4) is 0 Å². The zero-order chi connectivity index (χ0) is 15.5. The molecule has 1 unspecified atom stereocenters. The number of unbranched alkanes of at least 4 members (excludes halogenated alkanes) is 4. The van der Waals surface area contributed by atoms with Gasteiger partial charge in [-0.15, -0.1) is 0 Å². The van der Waals surface area contributed by atoms with Crippen molar-refractivity contribution < 1.29 is 25.2 Å². The second kappa shape index (κ2) is 11.5. The standard InChI is InChI=1S/C15H32O5/c1-4-5-6-7-8-9-20-12(3)14(18)15(19)13(17)11(2)10-16/h11-19H,4-10H2,1-3H3/t11-,12?,13-,14+,15+/m1/s1. The average Bonchev–Trinajstić information content (AvgIpc) is 2.47. The quantitative estimate of drug-likeness (QED) is 0.404. The summed E-state index contributed by atoms with van der Waals surface area (Å²) >= 11 is 0. The number of hydrogen-bond donors (Lipinski definition) is 4. The predicted molar refractivity (Wildman–Crippen MR) is 78.4 cm³/mol. The van der Waals surface area contributed by atoms with Crippen LogP contribution in [-0.4, -0.2) is 58.1 Å². The molecular weight excluding hydrogens is 260 g/mol. The molecule has 5 heteroatoms. The van der Waals surface area contributed by atoms with E-state index in [0.717, 1.165) is 12.8 Å². The van der Waals surface area contributed by atoms with Gasteiger partial charge in [0.15, 0.2) is 0 Å². The molecule has 4 N–H and O–H groups in total. The van der Waals surface area contributed by atoms with Gasteiger partial charge in [-0.3, -0.25) is 0 Å². The predicted octanol–water partition coefficient (Wildman–Crippen LogP) is 1.07. The second-order valence-electron chi connectivity index (χ2n) is 5.62. The van der Waals surface area contributed by atoms with Crippen LogP contribution < -0.4 is 0 Å². The van der Waals surface area contributed by atoms with E-state index in [1.807, 2.05) is 0 Å². The minimum atomic E-state index is -1.31. The van der Waals surface area contributed by atoms with E-state index in [-0.39, 0.29) is 6.61 Å². The largest absolute Gasteiger partial charge is 0.396 e. The molecule has 0 spiro atoms. The van der Waals surface area contributed by atoms with E-state index in [0.29, 0.717) is 6.61 Å². The van der Waals surface area contributed by atoms with Crippen LogP contribution in [0.5, 0.6) is 0 Å². The van der Waals surface area contributed by atoms with Crippen molar-refractivity contribution in [3.05, 3.63) is 0 Å². The van der Waals surface area contributed by atoms with Crippen molar-refractivity contribution in [1.29, 1.82) is 0 Å². The van der Waals surface area contributed by atoms with Gasteiger partial charge in [-0.1, -0.05) is 39.5 Å². The molecule has 0 rings (SSSR count). The van der Waals surface area contributed by atoms with Gasteiger partial charge in [-0.05, 0) is 13.3 Å². The first-order chi connectivity index (χ1) is 9.45. The molecule has 0 amide bonds. The Hall–Kier alpha value is -0.200. The Morgan fingerprint density at radius 3 is 2.00 bits per heavy atom. The first-order valence-electron chi connectivity index (χ1n) is 7.72. The molecule has 5 nitrogen and oxygen atoms in total. The average molecular weight is 292 g/mol. The Balaban J connectivity index is 3.92. The fourth-order valence-electron chi connectivity index (χ4n) is 2.00. The van der Waals surface area contributed by atoms with E-state index < -0.39 is 30.3 Å². The molecule has 0 bridgehead atoms. The van der Waals surface area contributed by atoms with Gasteiger partial charge in [-0.25, -0.2) is 0 Å². The van der Waals surface area contributed by atoms with Crippen molar-refractivity contribution in [2.24, 2.45) is 5.92 Å². The van der Waals surface area contributed by atoms with Crippen molar-refractivity contribution in [3.63, 3.8) is 0 Å². The van der Waals surface area contributed by atoms with E-state index in [4.69, 9.17) is 9.84 Å². The minimum absolute atomic E-state index is 0.238. The summed E-state index contributed by atoms with van der Waals surface area (Å²) < 4.78 is 5.49. The number of hydrogen-bond acceptors (Lipinski definition) is 5. The highest BCUT2D eigenvalue weighted by Crippen LogP contribution is 2.14. The maximum Gasteiger partial charge on any atom is 0.109 e. The molecule has 5 atom stereocenters. The van der Waals surface area contributed by atoms with Crippen LogP contribution in [0.25, 0.3) is 0 Å². The van der Waals surface area contributed by atoms with Crippen molar-refractivity contribution in [2.45, 2.75) is 77.3 Å². The maximum atomic E-state index is 9.93. The molecule has 0 aromatic rings. The van der Waals surface area contributed by atoms with Crippen molar-refractivity contribution in [1.82, 2.24) is 0 Å². The fraction of sp³-hybridized carbons (Fsp3) is 1.00. The third-order valence-corrected chi connectivity index (χ3v) is 3.68. The molecule has 0 fully saturated rings. The minimum Gasteiger partial charge on any atom is -0.396 e. The Morgan fingerprint density at radius 2 is 1.45 bits per heavy atom. The van der Waals surface area contributed by atoms with Gasteiger partial charge in [0.25, 0.3) is 0 Å². The summed E-state index contributed by atoms with van der Waals surface area (Å²) in [6.07, 6.45) is 1.47. The molecule has 0 saturated heterocycles. The molecule has 0 heterocycles. The smallest absolute Gasteiger partial charge is 0.109 e. The highest BCUT2D eigenvalue weighted by molar-refractivity contribution is 4.82. The summed E-state index contributed by atoms with van der Waals surface area (Å²) in [5, 5.41) is 38.4. The van der Waals surface area contributed by atoms with Gasteiger partial charge < -0.3 is 25.2 Å². The normalized spacial score (nSPS) is 19.4. The fourth-order valence-corrected chi connectivity index (χ4v) is 2.00. The molecule has 0 saturated carbocycles. The van der Waals surface area contributed by atoms with E-state index in [1.165, 1.54) is 19.3 Å². The topological polar surface area (TPSA) is 90.2 Å². The summed E-state index contributed by atoms with van der Waals surface area (Å²) in [6, 6.07) is 0. The van der Waals surface area contributed by atoms with Gasteiger partial charge >= 0.3 is 0 Å². The number of aliphatic hydroxyl groups excluding tert-OH is 4. The molecule has 0 aliphatic carbocycles. The summed E-state index contributed by atoms with van der Waals surface area (Å²) in [5.41, 5.74) is 0. The number of rotatable bonds is 12. The molecule has 20 heavy (non-hydrogen) atoms. The number of aliphatic hydroxyl groups is 4. The van der Waals surface area contributed by atoms with Gasteiger partial charge in [0, 0.05) is 19.1 Å². The Labute approximate surface area is 122 Å². The summed E-state index contributed by atoms with van der Waals surface area (Å²) in [6.45, 7) is 5.75. The number of ether oxygens (including phenoxy) is 1. The third kappa shape index (κ3) is 7.55. The molecule has 0 aliphatic heterocycles. The van der Waals surface area contributed by atoms with Crippen LogP contribution in [0, 0.1) is 5.92 Å². The molecule has 0 aromatic heterocycles. The molecule has 0 radical (unpaired) electrons. The molecule has 122 valence electrons. The molecular formula is C15H32O5. The van der Waals surface area contributed by atoms with Crippen LogP contribution in [-0.2, 0) is 4.74 Å². The van der Waals surface area contributed by atoms with Crippen LogP contribution in [0.1, 0.15) is 52.9 Å². The van der Waals surface area contributed by atoms with E-state index in [9.17, 15) is 15.3 Å². The van der Waals surface area contributed by atoms with Crippen molar-refractivity contribution in [2.75, 3.05) is 13.2 Å². The third-order valence-electron chi connectivity index (χ3n) is 3.68. The molecule has 0 aliphatic rings. The lowest BCUT2D eigenvalue weighted by Gasteiger charge is -2.29. The highest BCUT2D eigenvalue weighted by atomic mass is 16.5. The van der Waals surface area contributed by atoms with Crippen LogP contribution in [0.3, 0.4) is 0 Å². The van der Waals surface area contributed by atoms with E-state index in [1.54, 1.807) is 13.8 Å². The Morgan fingerprint density at radius 1 is 0.850 bits per heavy atom. The summed E-state index contributed by atoms with van der Waals surface area (Å²) in [4.78, 5) is 0. The Kier molecular flexibility index (Phi) is 11.3. The zero-order valence-corrected chi connectivity index (χ0v) is 13.0. The molecule has 0 aromatic carbocycles. The van der Waals surface area contributed by atoms with Crippen LogP contribution in [0.15, 0.2) is 0 Å². The first kappa shape index (κ1) is 19.8. The monoisotopic (exact) mass is 292 g/mol. The van der Waals surface area contributed by atoms with Gasteiger partial charge in [0.2, 0.25) is 0 Å². The lowest BCUT2D eigenvalue weighted by molar-refractivity contribution is -0.131. The van der Waals surface area contributed by atoms with Crippen molar-refractivity contribution >= 4 is 0 Å². The lowest BCUT2D eigenvalue weighted by Crippen LogP contribution is -2.47.